The molecule has 0 N–H and O–H groups in total. The van der Waals surface area contributed by atoms with Crippen LogP contribution in [0.3, 0.4) is 0 Å². The predicted octanol–water partition coefficient (Wildman–Crippen LogP) is 4.89. The molecular weight excluding hydrogens is 411 g/mol. The molecule has 30 heavy (non-hydrogen) atoms. The van der Waals surface area contributed by atoms with E-state index in [1.165, 1.54) is 15.6 Å². The summed E-state index contributed by atoms with van der Waals surface area (Å²) in [4.78, 5) is 0. The van der Waals surface area contributed by atoms with Gasteiger partial charge in [-0.05, 0) is 34.9 Å². The number of benzene rings is 1. The second-order valence-electron chi connectivity index (χ2n) is 10.3. The number of thiophene rings is 1. The van der Waals surface area contributed by atoms with Crippen LogP contribution in [0, 0.1) is 5.41 Å². The Labute approximate surface area is 184 Å². The first kappa shape index (κ1) is 22.0. The van der Waals surface area contributed by atoms with Crippen molar-refractivity contribution >= 4 is 53.0 Å². The minimum atomic E-state index is -1.10. The van der Waals surface area contributed by atoms with Gasteiger partial charge in [0.15, 0.2) is 0 Å². The summed E-state index contributed by atoms with van der Waals surface area (Å²) < 4.78 is 21.7. The van der Waals surface area contributed by atoms with Crippen molar-refractivity contribution in [1.29, 1.82) is 0 Å². The van der Waals surface area contributed by atoms with E-state index in [4.69, 9.17) is 14.0 Å². The van der Waals surface area contributed by atoms with E-state index < -0.39 is 8.07 Å². The van der Waals surface area contributed by atoms with Gasteiger partial charge < -0.3 is 14.0 Å². The molecule has 0 amide bonds. The number of aryl methyl sites for hydroxylation is 1. The molecule has 0 unspecified atom stereocenters. The van der Waals surface area contributed by atoms with Crippen molar-refractivity contribution in [2.45, 2.75) is 59.6 Å². The molecule has 1 aliphatic heterocycles. The van der Waals surface area contributed by atoms with Gasteiger partial charge in [0.25, 0.3) is 0 Å². The molecule has 162 valence electrons. The highest BCUT2D eigenvalue weighted by Gasteiger charge is 2.36. The van der Waals surface area contributed by atoms with E-state index in [-0.39, 0.29) is 12.5 Å². The number of hydrogen-bond acceptors (Lipinski definition) is 5. The van der Waals surface area contributed by atoms with Gasteiger partial charge in [0.1, 0.15) is 6.73 Å². The second-order valence-corrected chi connectivity index (χ2v) is 16.9. The minimum absolute atomic E-state index is 0.0418. The van der Waals surface area contributed by atoms with Crippen LogP contribution in [0.5, 0.6) is 0 Å². The number of aromatic nitrogens is 2. The van der Waals surface area contributed by atoms with Crippen molar-refractivity contribution in [3.8, 4) is 0 Å². The van der Waals surface area contributed by atoms with Crippen LogP contribution in [0.25, 0.3) is 21.0 Å². The van der Waals surface area contributed by atoms with Gasteiger partial charge in [-0.3, -0.25) is 0 Å². The molecule has 5 nitrogen and oxygen atoms in total. The quantitative estimate of drug-likeness (QED) is 0.384. The molecule has 0 atom stereocenters. The highest BCUT2D eigenvalue weighted by Crippen LogP contribution is 2.32. The number of nitrogens with zero attached hydrogens (tertiary/aromatic N) is 2. The Balaban J connectivity index is 1.70. The average molecular weight is 444 g/mol. The van der Waals surface area contributed by atoms with Gasteiger partial charge >= 0.3 is 7.12 Å². The monoisotopic (exact) mass is 444 g/mol. The van der Waals surface area contributed by atoms with E-state index in [1.807, 2.05) is 10.9 Å². The molecule has 0 bridgehead atoms. The lowest BCUT2D eigenvalue weighted by molar-refractivity contribution is 0.0345. The molecule has 3 aromatic rings. The molecule has 1 saturated heterocycles. The lowest BCUT2D eigenvalue weighted by Gasteiger charge is -2.33. The molecular formula is C22H33BN2O3SSi. The first-order chi connectivity index (χ1) is 14.2. The van der Waals surface area contributed by atoms with Crippen LogP contribution >= 0.6 is 11.3 Å². The summed E-state index contributed by atoms with van der Waals surface area (Å²) in [5.74, 6) is 0. The largest absolute Gasteiger partial charge is 0.495 e. The van der Waals surface area contributed by atoms with Gasteiger partial charge in [-0.1, -0.05) is 40.4 Å². The van der Waals surface area contributed by atoms with E-state index >= 15 is 0 Å². The van der Waals surface area contributed by atoms with E-state index in [0.717, 1.165) is 35.4 Å². The Hall–Kier alpha value is -1.19. The van der Waals surface area contributed by atoms with Crippen molar-refractivity contribution in [3.63, 3.8) is 0 Å². The third-order valence-electron chi connectivity index (χ3n) is 5.68. The van der Waals surface area contributed by atoms with Gasteiger partial charge in [-0.2, -0.15) is 5.10 Å². The zero-order valence-electron chi connectivity index (χ0n) is 19.1. The van der Waals surface area contributed by atoms with Crippen molar-refractivity contribution in [3.05, 3.63) is 23.2 Å². The average Bonchev–Trinajstić information content (AvgIpc) is 3.27. The Morgan fingerprint density at radius 2 is 2.00 bits per heavy atom. The van der Waals surface area contributed by atoms with Gasteiger partial charge in [0.2, 0.25) is 0 Å². The van der Waals surface area contributed by atoms with Crippen LogP contribution in [0.2, 0.25) is 25.7 Å². The number of fused-ring (bicyclic) bond motifs is 2. The molecule has 1 fully saturated rings. The molecule has 0 saturated carbocycles. The summed E-state index contributed by atoms with van der Waals surface area (Å²) in [7, 11) is -1.45. The van der Waals surface area contributed by atoms with Crippen LogP contribution in [0.15, 0.2) is 17.6 Å². The molecule has 0 aliphatic carbocycles. The standard InChI is InChI=1S/C22H33BN2O3SSi/c1-7-16-12-29-19-10-18-17(11-24-25(18)15-26-8-9-30(4,5)6)21(20(16)19)23-27-13-22(2,3)14-28-23/h10-12H,7-9,13-15H2,1-6H3. The molecule has 2 aromatic heterocycles. The van der Waals surface area contributed by atoms with Crippen molar-refractivity contribution in [2.75, 3.05) is 19.8 Å². The Morgan fingerprint density at radius 1 is 1.27 bits per heavy atom. The highest BCUT2D eigenvalue weighted by atomic mass is 32.1. The summed E-state index contributed by atoms with van der Waals surface area (Å²) in [6.45, 7) is 16.3. The van der Waals surface area contributed by atoms with Crippen LogP contribution in [-0.4, -0.2) is 44.8 Å². The van der Waals surface area contributed by atoms with Gasteiger partial charge in [0.05, 0.1) is 11.7 Å². The lowest BCUT2D eigenvalue weighted by atomic mass is 9.72. The van der Waals surface area contributed by atoms with E-state index in [9.17, 15) is 0 Å². The normalized spacial score (nSPS) is 17.3. The van der Waals surface area contributed by atoms with Gasteiger partial charge in [0, 0.05) is 48.9 Å². The Kier molecular flexibility index (Phi) is 6.16. The molecule has 8 heteroatoms. The third-order valence-corrected chi connectivity index (χ3v) is 8.36. The molecule has 3 heterocycles. The maximum absolute atomic E-state index is 6.23. The summed E-state index contributed by atoms with van der Waals surface area (Å²) in [6, 6.07) is 3.41. The lowest BCUT2D eigenvalue weighted by Crippen LogP contribution is -2.48. The van der Waals surface area contributed by atoms with Gasteiger partial charge in [-0.15, -0.1) is 11.3 Å². The Bertz CT molecular complexity index is 1030. The van der Waals surface area contributed by atoms with E-state index in [1.54, 1.807) is 11.3 Å². The zero-order valence-corrected chi connectivity index (χ0v) is 20.9. The topological polar surface area (TPSA) is 45.5 Å². The first-order valence-electron chi connectivity index (χ1n) is 10.9. The zero-order chi connectivity index (χ0) is 21.5. The molecule has 1 aromatic carbocycles. The maximum Gasteiger partial charge on any atom is 0.495 e. The molecule has 0 radical (unpaired) electrons. The maximum atomic E-state index is 6.23. The predicted molar refractivity (Wildman–Crippen MR) is 130 cm³/mol. The fourth-order valence-corrected chi connectivity index (χ4v) is 5.68. The SMILES string of the molecule is CCc1csc2cc3c(cnn3COCC[Si](C)(C)C)c(B3OCC(C)(C)CO3)c12. The molecule has 4 rings (SSSR count). The number of ether oxygens (including phenoxy) is 1. The van der Waals surface area contributed by atoms with Crippen molar-refractivity contribution < 1.29 is 14.0 Å². The van der Waals surface area contributed by atoms with E-state index in [0.29, 0.717) is 19.9 Å². The summed E-state index contributed by atoms with van der Waals surface area (Å²) >= 11 is 1.79. The molecule has 1 aliphatic rings. The summed E-state index contributed by atoms with van der Waals surface area (Å²) in [5, 5.41) is 9.32. The fraction of sp³-hybridized carbons (Fsp3) is 0.591. The van der Waals surface area contributed by atoms with E-state index in [2.05, 4.69) is 57.0 Å². The van der Waals surface area contributed by atoms with Crippen molar-refractivity contribution in [2.24, 2.45) is 5.41 Å². The van der Waals surface area contributed by atoms with Crippen LogP contribution in [-0.2, 0) is 27.2 Å². The minimum Gasteiger partial charge on any atom is -0.407 e. The second kappa shape index (κ2) is 8.39. The van der Waals surface area contributed by atoms with Gasteiger partial charge in [-0.25, -0.2) is 4.68 Å². The van der Waals surface area contributed by atoms with Crippen LogP contribution in [0.1, 0.15) is 26.3 Å². The summed E-state index contributed by atoms with van der Waals surface area (Å²) in [5.41, 5.74) is 3.61. The fourth-order valence-electron chi connectivity index (χ4n) is 3.83. The smallest absolute Gasteiger partial charge is 0.407 e. The third kappa shape index (κ3) is 4.53. The Morgan fingerprint density at radius 3 is 2.67 bits per heavy atom. The highest BCUT2D eigenvalue weighted by molar-refractivity contribution is 7.17. The summed E-state index contributed by atoms with van der Waals surface area (Å²) in [6.07, 6.45) is 2.94. The number of hydrogen-bond donors (Lipinski definition) is 0. The van der Waals surface area contributed by atoms with Crippen molar-refractivity contribution in [1.82, 2.24) is 9.78 Å². The van der Waals surface area contributed by atoms with Crippen LogP contribution in [0.4, 0.5) is 0 Å². The number of rotatable bonds is 7. The first-order valence-corrected chi connectivity index (χ1v) is 15.5. The van der Waals surface area contributed by atoms with Crippen LogP contribution < -0.4 is 5.46 Å². The molecule has 0 spiro atoms.